The van der Waals surface area contributed by atoms with E-state index in [1.54, 1.807) is 0 Å². The zero-order chi connectivity index (χ0) is 3.58. The first-order chi connectivity index (χ1) is 1.73. The Labute approximate surface area is 147 Å². The van der Waals surface area contributed by atoms with Gasteiger partial charge in [0.05, 0.1) is 0 Å². The molecule has 0 atom stereocenters. The van der Waals surface area contributed by atoms with Crippen LogP contribution in [0, 0.1) is 0 Å². The van der Waals surface area contributed by atoms with E-state index in [1.165, 1.54) is 0 Å². The van der Waals surface area contributed by atoms with Gasteiger partial charge in [-0.15, -0.1) is 0 Å². The molecule has 0 heterocycles. The minimum Gasteiger partial charge on any atom is -1.00 e. The summed E-state index contributed by atoms with van der Waals surface area (Å²) in [6, 6.07) is 0. The molecule has 0 rings (SSSR count). The summed E-state index contributed by atoms with van der Waals surface area (Å²) in [4.78, 5) is 8.33. The largest absolute Gasteiger partial charge is 2.00 e. The average Bonchev–Trinajstić information content (AvgIpc) is 0.811. The van der Waals surface area contributed by atoms with E-state index in [0.717, 1.165) is 0 Å². The van der Waals surface area contributed by atoms with Gasteiger partial charge in [0.15, 0.2) is 0 Å². The third-order valence-electron chi connectivity index (χ3n) is 0. The second kappa shape index (κ2) is 22.4. The molecule has 0 aromatic carbocycles. The Kier molecular flexibility index (Phi) is 84.4. The van der Waals surface area contributed by atoms with Crippen LogP contribution in [0.15, 0.2) is 0 Å². The SMILES string of the molecule is O=C([O-])[O-].[Ca+2].[Fe].[I-].[K+]. The Morgan fingerprint density at radius 1 is 1.25 bits per heavy atom. The molecule has 0 N–H and O–H groups in total. The van der Waals surface area contributed by atoms with E-state index in [-0.39, 0.29) is 130 Å². The molecule has 3 nitrogen and oxygen atoms in total. The van der Waals surface area contributed by atoms with Crippen molar-refractivity contribution >= 4 is 43.9 Å². The maximum Gasteiger partial charge on any atom is 2.00 e. The normalized spacial score (nSPS) is 3.00. The van der Waals surface area contributed by atoms with Gasteiger partial charge in [0.1, 0.15) is 0 Å². The van der Waals surface area contributed by atoms with Crippen molar-refractivity contribution in [2.24, 2.45) is 0 Å². The average molecular weight is 322 g/mol. The van der Waals surface area contributed by atoms with Gasteiger partial charge in [-0.05, 0) is 6.16 Å². The monoisotopic (exact) mass is 322 g/mol. The molecular weight excluding hydrogens is 322 g/mol. The second-order valence-electron chi connectivity index (χ2n) is 0.250. The van der Waals surface area contributed by atoms with Crippen molar-refractivity contribution in [2.45, 2.75) is 0 Å². The van der Waals surface area contributed by atoms with Crippen LogP contribution in [-0.4, -0.2) is 43.9 Å². The van der Waals surface area contributed by atoms with Gasteiger partial charge in [0.25, 0.3) is 0 Å². The van der Waals surface area contributed by atoms with Crippen LogP contribution in [0.25, 0.3) is 0 Å². The van der Waals surface area contributed by atoms with Crippen molar-refractivity contribution < 1.29 is 107 Å². The van der Waals surface area contributed by atoms with E-state index < -0.39 is 6.16 Å². The summed E-state index contributed by atoms with van der Waals surface area (Å²) < 4.78 is 0. The zero-order valence-electron chi connectivity index (χ0n) is 4.16. The number of carbonyl (C=O) groups excluding carboxylic acids is 1. The van der Waals surface area contributed by atoms with E-state index in [0.29, 0.717) is 0 Å². The van der Waals surface area contributed by atoms with E-state index >= 15 is 0 Å². The molecule has 0 bridgehead atoms. The van der Waals surface area contributed by atoms with Crippen LogP contribution >= 0.6 is 0 Å². The summed E-state index contributed by atoms with van der Waals surface area (Å²) in [7, 11) is 0. The fraction of sp³-hybridized carbons (Fsp3) is 0. The van der Waals surface area contributed by atoms with Crippen molar-refractivity contribution in [1.82, 2.24) is 0 Å². The molecule has 0 radical (unpaired) electrons. The Bertz CT molecular complexity index is 42.3. The molecule has 0 aliphatic heterocycles. The number of hydrogen-bond acceptors (Lipinski definition) is 3. The molecule has 0 unspecified atom stereocenters. The molecule has 0 aliphatic rings. The van der Waals surface area contributed by atoms with Gasteiger partial charge in [-0.1, -0.05) is 0 Å². The fourth-order valence-corrected chi connectivity index (χ4v) is 0. The van der Waals surface area contributed by atoms with Crippen LogP contribution in [0.4, 0.5) is 4.79 Å². The number of hydrogen-bond donors (Lipinski definition) is 0. The minimum atomic E-state index is -2.33. The van der Waals surface area contributed by atoms with Crippen molar-refractivity contribution in [2.75, 3.05) is 0 Å². The van der Waals surface area contributed by atoms with Gasteiger partial charge in [0.2, 0.25) is 0 Å². The first-order valence-corrected chi connectivity index (χ1v) is 0.612. The summed E-state index contributed by atoms with van der Waals surface area (Å²) in [6.45, 7) is 0. The Hall–Kier alpha value is 3.42. The van der Waals surface area contributed by atoms with E-state index in [1.807, 2.05) is 0 Å². The first-order valence-electron chi connectivity index (χ1n) is 0.612. The molecule has 40 valence electrons. The van der Waals surface area contributed by atoms with Crippen molar-refractivity contribution in [3.63, 3.8) is 0 Å². The zero-order valence-corrected chi connectivity index (χ0v) is 12.8. The van der Waals surface area contributed by atoms with Gasteiger partial charge < -0.3 is 39.0 Å². The summed E-state index contributed by atoms with van der Waals surface area (Å²) in [6.07, 6.45) is -2.33. The van der Waals surface area contributed by atoms with Crippen LogP contribution in [0.5, 0.6) is 0 Å². The number of carbonyl (C=O) groups is 1. The van der Waals surface area contributed by atoms with E-state index in [9.17, 15) is 0 Å². The Morgan fingerprint density at radius 3 is 1.25 bits per heavy atom. The molecule has 8 heavy (non-hydrogen) atoms. The molecule has 0 saturated carbocycles. The second-order valence-corrected chi connectivity index (χ2v) is 0.250. The molecular formula is CCaFeIKO3. The maximum absolute atomic E-state index is 8.33. The molecule has 0 aromatic heterocycles. The maximum atomic E-state index is 8.33. The number of carboxylic acid groups (broad SMARTS) is 2. The predicted octanol–water partition coefficient (Wildman–Crippen LogP) is -8.82. The van der Waals surface area contributed by atoms with E-state index in [2.05, 4.69) is 0 Å². The fourth-order valence-electron chi connectivity index (χ4n) is 0. The summed E-state index contributed by atoms with van der Waals surface area (Å²) >= 11 is 0. The van der Waals surface area contributed by atoms with Crippen molar-refractivity contribution in [3.8, 4) is 0 Å². The van der Waals surface area contributed by atoms with Crippen LogP contribution < -0.4 is 85.6 Å². The summed E-state index contributed by atoms with van der Waals surface area (Å²) in [5.74, 6) is 0. The van der Waals surface area contributed by atoms with Crippen LogP contribution in [-0.2, 0) is 17.1 Å². The molecule has 0 spiro atoms. The Morgan fingerprint density at radius 2 is 1.25 bits per heavy atom. The van der Waals surface area contributed by atoms with E-state index in [4.69, 9.17) is 15.0 Å². The standard InChI is InChI=1S/CH2O3.Ca.Fe.HI.K/c2-1(3)4;;;;/h(H2,2,3,4);;;1H;/q;+2;;;+1/p-3. The van der Waals surface area contributed by atoms with Crippen LogP contribution in [0.2, 0.25) is 0 Å². The topological polar surface area (TPSA) is 63.2 Å². The minimum absolute atomic E-state index is 0. The molecule has 0 aliphatic carbocycles. The van der Waals surface area contributed by atoms with Crippen LogP contribution in [0.3, 0.4) is 0 Å². The van der Waals surface area contributed by atoms with Gasteiger partial charge in [-0.2, -0.15) is 0 Å². The molecule has 7 heteroatoms. The smallest absolute Gasteiger partial charge is 1.00 e. The number of rotatable bonds is 0. The third-order valence-corrected chi connectivity index (χ3v) is 0. The third kappa shape index (κ3) is 57.2. The summed E-state index contributed by atoms with van der Waals surface area (Å²) in [5.41, 5.74) is 0. The Balaban J connectivity index is -0.00000000750. The molecule has 0 amide bonds. The van der Waals surface area contributed by atoms with Gasteiger partial charge in [-0.25, -0.2) is 0 Å². The molecule has 0 saturated heterocycles. The molecule has 0 aromatic rings. The van der Waals surface area contributed by atoms with Crippen molar-refractivity contribution in [3.05, 3.63) is 0 Å². The first kappa shape index (κ1) is 30.1. The summed E-state index contributed by atoms with van der Waals surface area (Å²) in [5, 5.41) is 16.7. The van der Waals surface area contributed by atoms with Gasteiger partial charge >= 0.3 is 89.1 Å². The quantitative estimate of drug-likeness (QED) is 0.329. The number of halogens is 1. The van der Waals surface area contributed by atoms with Crippen molar-refractivity contribution in [1.29, 1.82) is 0 Å². The predicted molar refractivity (Wildman–Crippen MR) is 11.1 cm³/mol. The van der Waals surface area contributed by atoms with Crippen LogP contribution in [0.1, 0.15) is 0 Å². The molecule has 0 fully saturated rings. The van der Waals surface area contributed by atoms with Gasteiger partial charge in [-0.3, -0.25) is 0 Å². The van der Waals surface area contributed by atoms with Gasteiger partial charge in [0, 0.05) is 17.1 Å².